The van der Waals surface area contributed by atoms with Crippen molar-refractivity contribution in [2.75, 3.05) is 33.9 Å². The third kappa shape index (κ3) is 6.41. The Hall–Kier alpha value is -1.95. The second-order valence-corrected chi connectivity index (χ2v) is 6.44. The summed E-state index contributed by atoms with van der Waals surface area (Å²) in [5.74, 6) is 2.42. The van der Waals surface area contributed by atoms with Gasteiger partial charge in [-0.05, 0) is 45.1 Å². The van der Waals surface area contributed by atoms with Gasteiger partial charge in [-0.2, -0.15) is 0 Å². The molecule has 26 heavy (non-hydrogen) atoms. The van der Waals surface area contributed by atoms with Gasteiger partial charge >= 0.3 is 0 Å². The molecule has 1 aromatic carbocycles. The van der Waals surface area contributed by atoms with Crippen LogP contribution in [0.4, 0.5) is 0 Å². The Morgan fingerprint density at radius 3 is 2.69 bits per heavy atom. The van der Waals surface area contributed by atoms with Crippen molar-refractivity contribution >= 4 is 5.96 Å². The standard InChI is InChI=1S/C20H33N3O3/c1-4-21-20(22-13-8-14-24-2)23-15-16-9-7-12-18(25-3)19(16)26-17-10-5-6-11-17/h7,9,12,17H,4-6,8,10-11,13-15H2,1-3H3,(H2,21,22,23). The number of methoxy groups -OCH3 is 2. The normalized spacial score (nSPS) is 15.1. The molecule has 0 amide bonds. The molecular formula is C20H33N3O3. The maximum Gasteiger partial charge on any atom is 0.191 e. The molecule has 6 heteroatoms. The number of rotatable bonds is 10. The van der Waals surface area contributed by atoms with Gasteiger partial charge < -0.3 is 24.8 Å². The van der Waals surface area contributed by atoms with Crippen LogP contribution in [-0.2, 0) is 11.3 Å². The molecule has 0 spiro atoms. The van der Waals surface area contributed by atoms with Crippen LogP contribution in [0.15, 0.2) is 23.2 Å². The van der Waals surface area contributed by atoms with E-state index in [9.17, 15) is 0 Å². The van der Waals surface area contributed by atoms with Crippen molar-refractivity contribution in [1.29, 1.82) is 0 Å². The third-order valence-corrected chi connectivity index (χ3v) is 4.44. The van der Waals surface area contributed by atoms with Crippen LogP contribution in [0.3, 0.4) is 0 Å². The molecule has 0 aromatic heterocycles. The molecule has 6 nitrogen and oxygen atoms in total. The summed E-state index contributed by atoms with van der Waals surface area (Å²) >= 11 is 0. The number of hydrogen-bond donors (Lipinski definition) is 2. The molecule has 0 bridgehead atoms. The van der Waals surface area contributed by atoms with Gasteiger partial charge in [0.05, 0.1) is 19.8 Å². The number of hydrogen-bond acceptors (Lipinski definition) is 4. The molecule has 0 heterocycles. The average Bonchev–Trinajstić information content (AvgIpc) is 3.17. The van der Waals surface area contributed by atoms with Gasteiger partial charge in [-0.1, -0.05) is 12.1 Å². The van der Waals surface area contributed by atoms with E-state index in [1.165, 1.54) is 12.8 Å². The molecule has 1 saturated carbocycles. The van der Waals surface area contributed by atoms with Gasteiger partial charge in [-0.3, -0.25) is 0 Å². The van der Waals surface area contributed by atoms with E-state index in [0.29, 0.717) is 6.54 Å². The predicted molar refractivity (Wildman–Crippen MR) is 105 cm³/mol. The Labute approximate surface area is 157 Å². The monoisotopic (exact) mass is 363 g/mol. The Balaban J connectivity index is 2.07. The van der Waals surface area contributed by atoms with Gasteiger partial charge in [0, 0.05) is 32.4 Å². The van der Waals surface area contributed by atoms with Crippen molar-refractivity contribution in [2.45, 2.75) is 51.7 Å². The minimum Gasteiger partial charge on any atom is -0.493 e. The van der Waals surface area contributed by atoms with E-state index in [0.717, 1.165) is 62.0 Å². The lowest BCUT2D eigenvalue weighted by Crippen LogP contribution is -2.38. The third-order valence-electron chi connectivity index (χ3n) is 4.44. The smallest absolute Gasteiger partial charge is 0.191 e. The number of benzene rings is 1. The van der Waals surface area contributed by atoms with Gasteiger partial charge in [0.15, 0.2) is 17.5 Å². The fourth-order valence-electron chi connectivity index (χ4n) is 3.08. The highest BCUT2D eigenvalue weighted by Crippen LogP contribution is 2.35. The van der Waals surface area contributed by atoms with E-state index < -0.39 is 0 Å². The van der Waals surface area contributed by atoms with E-state index in [4.69, 9.17) is 19.2 Å². The molecule has 1 aliphatic carbocycles. The minimum atomic E-state index is 0.287. The molecule has 1 fully saturated rings. The second-order valence-electron chi connectivity index (χ2n) is 6.44. The Bertz CT molecular complexity index is 557. The highest BCUT2D eigenvalue weighted by atomic mass is 16.5. The molecule has 2 N–H and O–H groups in total. The largest absolute Gasteiger partial charge is 0.493 e. The van der Waals surface area contributed by atoms with Gasteiger partial charge in [0.2, 0.25) is 0 Å². The van der Waals surface area contributed by atoms with E-state index >= 15 is 0 Å². The molecule has 0 aliphatic heterocycles. The maximum absolute atomic E-state index is 6.28. The molecule has 1 aromatic rings. The first kappa shape index (κ1) is 20.4. The summed E-state index contributed by atoms with van der Waals surface area (Å²) in [4.78, 5) is 4.71. The van der Waals surface area contributed by atoms with Crippen LogP contribution >= 0.6 is 0 Å². The summed E-state index contributed by atoms with van der Waals surface area (Å²) in [5, 5.41) is 6.61. The van der Waals surface area contributed by atoms with Gasteiger partial charge in [0.1, 0.15) is 0 Å². The van der Waals surface area contributed by atoms with Crippen molar-refractivity contribution in [1.82, 2.24) is 10.6 Å². The van der Waals surface area contributed by atoms with Crippen LogP contribution < -0.4 is 20.1 Å². The number of para-hydroxylation sites is 1. The molecule has 2 rings (SSSR count). The first-order chi connectivity index (χ1) is 12.8. The Morgan fingerprint density at radius 2 is 2.00 bits per heavy atom. The van der Waals surface area contributed by atoms with Crippen molar-refractivity contribution < 1.29 is 14.2 Å². The highest BCUT2D eigenvalue weighted by Gasteiger charge is 2.20. The summed E-state index contributed by atoms with van der Waals surface area (Å²) in [6, 6.07) is 6.00. The fraction of sp³-hybridized carbons (Fsp3) is 0.650. The SMILES string of the molecule is CCNC(=NCc1cccc(OC)c1OC1CCCC1)NCCCOC. The molecule has 0 atom stereocenters. The van der Waals surface area contributed by atoms with E-state index in [2.05, 4.69) is 23.6 Å². The molecule has 0 radical (unpaired) electrons. The van der Waals surface area contributed by atoms with E-state index in [-0.39, 0.29) is 6.10 Å². The lowest BCUT2D eigenvalue weighted by Gasteiger charge is -2.19. The zero-order chi connectivity index (χ0) is 18.6. The van der Waals surface area contributed by atoms with Crippen molar-refractivity contribution in [3.63, 3.8) is 0 Å². The lowest BCUT2D eigenvalue weighted by molar-refractivity contribution is 0.195. The van der Waals surface area contributed by atoms with E-state index in [1.54, 1.807) is 14.2 Å². The molecular weight excluding hydrogens is 330 g/mol. The fourth-order valence-corrected chi connectivity index (χ4v) is 3.08. The van der Waals surface area contributed by atoms with Crippen LogP contribution in [0.1, 0.15) is 44.6 Å². The summed E-state index contributed by atoms with van der Waals surface area (Å²) in [6.07, 6.45) is 5.94. The maximum atomic E-state index is 6.28. The van der Waals surface area contributed by atoms with Crippen molar-refractivity contribution in [2.24, 2.45) is 4.99 Å². The van der Waals surface area contributed by atoms with Gasteiger partial charge in [-0.25, -0.2) is 4.99 Å². The summed E-state index contributed by atoms with van der Waals surface area (Å²) in [6.45, 7) is 4.98. The van der Waals surface area contributed by atoms with Crippen LogP contribution in [0.25, 0.3) is 0 Å². The zero-order valence-electron chi connectivity index (χ0n) is 16.3. The van der Waals surface area contributed by atoms with Gasteiger partial charge in [-0.15, -0.1) is 0 Å². The number of nitrogens with one attached hydrogen (secondary N) is 2. The summed E-state index contributed by atoms with van der Waals surface area (Å²) in [7, 11) is 3.40. The quantitative estimate of drug-likeness (QED) is 0.380. The lowest BCUT2D eigenvalue weighted by atomic mass is 10.1. The predicted octanol–water partition coefficient (Wildman–Crippen LogP) is 3.11. The summed E-state index contributed by atoms with van der Waals surface area (Å²) < 4.78 is 16.9. The topological polar surface area (TPSA) is 64.1 Å². The molecule has 1 aliphatic rings. The molecule has 146 valence electrons. The van der Waals surface area contributed by atoms with Gasteiger partial charge in [0.25, 0.3) is 0 Å². The van der Waals surface area contributed by atoms with Crippen LogP contribution in [0.2, 0.25) is 0 Å². The Morgan fingerprint density at radius 1 is 1.19 bits per heavy atom. The number of guanidine groups is 1. The van der Waals surface area contributed by atoms with Crippen molar-refractivity contribution in [3.8, 4) is 11.5 Å². The zero-order valence-corrected chi connectivity index (χ0v) is 16.3. The average molecular weight is 364 g/mol. The number of ether oxygens (including phenoxy) is 3. The van der Waals surface area contributed by atoms with E-state index in [1.807, 2.05) is 12.1 Å². The highest BCUT2D eigenvalue weighted by molar-refractivity contribution is 5.79. The number of nitrogens with zero attached hydrogens (tertiary/aromatic N) is 1. The second kappa shape index (κ2) is 11.6. The first-order valence-electron chi connectivity index (χ1n) is 9.62. The first-order valence-corrected chi connectivity index (χ1v) is 9.62. The van der Waals surface area contributed by atoms with Crippen molar-refractivity contribution in [3.05, 3.63) is 23.8 Å². The molecule has 0 unspecified atom stereocenters. The Kier molecular flexibility index (Phi) is 9.10. The summed E-state index contributed by atoms with van der Waals surface area (Å²) in [5.41, 5.74) is 1.05. The van der Waals surface area contributed by atoms with Crippen LogP contribution in [0.5, 0.6) is 11.5 Å². The molecule has 0 saturated heterocycles. The van der Waals surface area contributed by atoms with Crippen LogP contribution in [0, 0.1) is 0 Å². The van der Waals surface area contributed by atoms with Crippen LogP contribution in [-0.4, -0.2) is 46.0 Å². The minimum absolute atomic E-state index is 0.287. The number of aliphatic imine (C=N–C) groups is 1.